The summed E-state index contributed by atoms with van der Waals surface area (Å²) in [5.41, 5.74) is 0. The van der Waals surface area contributed by atoms with E-state index in [1.54, 1.807) is 0 Å². The first-order valence-corrected chi connectivity index (χ1v) is 8.11. The Kier molecular flexibility index (Phi) is 12.9. The largest absolute Gasteiger partial charge is 0.509 e. The third-order valence-electron chi connectivity index (χ3n) is 3.06. The van der Waals surface area contributed by atoms with Crippen molar-refractivity contribution in [3.63, 3.8) is 0 Å². The molecule has 0 aromatic carbocycles. The summed E-state index contributed by atoms with van der Waals surface area (Å²) in [4.78, 5) is 22.9. The molecule has 5 heteroatoms. The Labute approximate surface area is 128 Å². The molecule has 0 fully saturated rings. The highest BCUT2D eigenvalue weighted by Gasteiger charge is 2.19. The van der Waals surface area contributed by atoms with Gasteiger partial charge in [0.1, 0.15) is 0 Å². The molecule has 0 saturated carbocycles. The molecule has 0 aromatic rings. The molecule has 0 aliphatic carbocycles. The van der Waals surface area contributed by atoms with E-state index in [4.69, 9.17) is 14.2 Å². The number of unbranched alkanes of at least 4 members (excludes halogenated alkanes) is 6. The van der Waals surface area contributed by atoms with E-state index >= 15 is 0 Å². The van der Waals surface area contributed by atoms with Gasteiger partial charge in [-0.3, -0.25) is 0 Å². The Morgan fingerprint density at radius 3 is 1.86 bits per heavy atom. The Balaban J connectivity index is 3.62. The molecular formula is C16H30O5. The van der Waals surface area contributed by atoms with Crippen LogP contribution in [0.2, 0.25) is 0 Å². The van der Waals surface area contributed by atoms with Crippen LogP contribution in [0.25, 0.3) is 0 Å². The summed E-state index contributed by atoms with van der Waals surface area (Å²) < 4.78 is 14.8. The van der Waals surface area contributed by atoms with Gasteiger partial charge in [-0.15, -0.1) is 0 Å². The minimum absolute atomic E-state index is 0.331. The molecular weight excluding hydrogens is 272 g/mol. The highest BCUT2D eigenvalue weighted by Crippen LogP contribution is 2.03. The molecule has 0 heterocycles. The number of hydrogen-bond donors (Lipinski definition) is 0. The van der Waals surface area contributed by atoms with Crippen molar-refractivity contribution in [2.45, 2.75) is 78.2 Å². The zero-order valence-corrected chi connectivity index (χ0v) is 13.7. The summed E-state index contributed by atoms with van der Waals surface area (Å²) in [6.45, 7) is 6.43. The number of carbonyl (C=O) groups excluding carboxylic acids is 2. The molecule has 0 unspecified atom stereocenters. The van der Waals surface area contributed by atoms with Gasteiger partial charge in [-0.05, 0) is 19.8 Å². The average Bonchev–Trinajstić information content (AvgIpc) is 2.46. The fourth-order valence-electron chi connectivity index (χ4n) is 1.73. The van der Waals surface area contributed by atoms with Gasteiger partial charge in [0.05, 0.1) is 13.2 Å². The molecule has 0 radical (unpaired) electrons. The highest BCUT2D eigenvalue weighted by atomic mass is 16.7. The Morgan fingerprint density at radius 1 is 0.810 bits per heavy atom. The van der Waals surface area contributed by atoms with Crippen LogP contribution in [0.15, 0.2) is 0 Å². The number of rotatable bonds is 12. The standard InChI is InChI=1S/C16H30O5/c1-4-6-8-10-12-19-15(17)14(3)21-16(18)20-13-11-9-7-5-2/h14H,4-13H2,1-3H3/t14-/m1/s1. The van der Waals surface area contributed by atoms with Crippen molar-refractivity contribution in [1.29, 1.82) is 0 Å². The van der Waals surface area contributed by atoms with Gasteiger partial charge in [-0.2, -0.15) is 0 Å². The van der Waals surface area contributed by atoms with E-state index < -0.39 is 18.2 Å². The van der Waals surface area contributed by atoms with Crippen molar-refractivity contribution in [3.05, 3.63) is 0 Å². The molecule has 0 rings (SSSR count). The van der Waals surface area contributed by atoms with Crippen LogP contribution in [0.3, 0.4) is 0 Å². The van der Waals surface area contributed by atoms with E-state index in [1.165, 1.54) is 6.92 Å². The quantitative estimate of drug-likeness (QED) is 0.399. The van der Waals surface area contributed by atoms with Gasteiger partial charge in [-0.25, -0.2) is 9.59 Å². The van der Waals surface area contributed by atoms with Crippen LogP contribution in [0.5, 0.6) is 0 Å². The summed E-state index contributed by atoms with van der Waals surface area (Å²) in [5, 5.41) is 0. The van der Waals surface area contributed by atoms with Crippen LogP contribution in [0.4, 0.5) is 4.79 Å². The fraction of sp³-hybridized carbons (Fsp3) is 0.875. The molecule has 124 valence electrons. The second-order valence-corrected chi connectivity index (χ2v) is 5.15. The van der Waals surface area contributed by atoms with Gasteiger partial charge >= 0.3 is 12.1 Å². The van der Waals surface area contributed by atoms with Gasteiger partial charge in [0.15, 0.2) is 6.10 Å². The maximum absolute atomic E-state index is 11.6. The minimum atomic E-state index is -0.917. The van der Waals surface area contributed by atoms with E-state index in [9.17, 15) is 9.59 Å². The lowest BCUT2D eigenvalue weighted by atomic mass is 10.2. The summed E-state index contributed by atoms with van der Waals surface area (Å²) in [6, 6.07) is 0. The fourth-order valence-corrected chi connectivity index (χ4v) is 1.73. The molecule has 0 bridgehead atoms. The zero-order chi connectivity index (χ0) is 15.9. The summed E-state index contributed by atoms with van der Waals surface area (Å²) >= 11 is 0. The van der Waals surface area contributed by atoms with E-state index in [0.717, 1.165) is 51.4 Å². The summed E-state index contributed by atoms with van der Waals surface area (Å²) in [6.07, 6.45) is 6.53. The maximum atomic E-state index is 11.6. The number of esters is 1. The maximum Gasteiger partial charge on any atom is 0.509 e. The van der Waals surface area contributed by atoms with Gasteiger partial charge in [0.2, 0.25) is 0 Å². The van der Waals surface area contributed by atoms with Crippen LogP contribution in [0, 0.1) is 0 Å². The van der Waals surface area contributed by atoms with Crippen molar-refractivity contribution >= 4 is 12.1 Å². The van der Waals surface area contributed by atoms with Gasteiger partial charge in [0.25, 0.3) is 0 Å². The second-order valence-electron chi connectivity index (χ2n) is 5.15. The molecule has 0 N–H and O–H groups in total. The lowest BCUT2D eigenvalue weighted by Gasteiger charge is -2.12. The smallest absolute Gasteiger partial charge is 0.463 e. The molecule has 0 aliphatic heterocycles. The number of ether oxygens (including phenoxy) is 3. The first-order chi connectivity index (χ1) is 10.1. The first kappa shape index (κ1) is 19.7. The van der Waals surface area contributed by atoms with E-state index in [0.29, 0.717) is 13.2 Å². The van der Waals surface area contributed by atoms with Crippen LogP contribution in [0.1, 0.15) is 72.1 Å². The molecule has 0 saturated heterocycles. The lowest BCUT2D eigenvalue weighted by molar-refractivity contribution is -0.154. The molecule has 0 aliphatic rings. The predicted molar refractivity (Wildman–Crippen MR) is 81.1 cm³/mol. The van der Waals surface area contributed by atoms with Crippen molar-refractivity contribution in [1.82, 2.24) is 0 Å². The first-order valence-electron chi connectivity index (χ1n) is 8.11. The minimum Gasteiger partial charge on any atom is -0.463 e. The van der Waals surface area contributed by atoms with E-state index in [-0.39, 0.29) is 0 Å². The molecule has 0 spiro atoms. The molecule has 21 heavy (non-hydrogen) atoms. The monoisotopic (exact) mass is 302 g/mol. The number of hydrogen-bond acceptors (Lipinski definition) is 5. The van der Waals surface area contributed by atoms with Crippen LogP contribution in [-0.2, 0) is 19.0 Å². The third kappa shape index (κ3) is 12.2. The molecule has 0 aromatic heterocycles. The summed E-state index contributed by atoms with van der Waals surface area (Å²) in [7, 11) is 0. The summed E-state index contributed by atoms with van der Waals surface area (Å²) in [5.74, 6) is -0.519. The van der Waals surface area contributed by atoms with Crippen molar-refractivity contribution < 1.29 is 23.8 Å². The van der Waals surface area contributed by atoms with Gasteiger partial charge in [-0.1, -0.05) is 52.4 Å². The zero-order valence-electron chi connectivity index (χ0n) is 13.7. The Bertz CT molecular complexity index is 278. The van der Waals surface area contributed by atoms with Gasteiger partial charge < -0.3 is 14.2 Å². The Morgan fingerprint density at radius 2 is 1.33 bits per heavy atom. The van der Waals surface area contributed by atoms with E-state index in [1.807, 2.05) is 0 Å². The van der Waals surface area contributed by atoms with E-state index in [2.05, 4.69) is 13.8 Å². The van der Waals surface area contributed by atoms with Crippen molar-refractivity contribution in [2.24, 2.45) is 0 Å². The molecule has 1 atom stereocenters. The molecule has 0 amide bonds. The van der Waals surface area contributed by atoms with Crippen LogP contribution < -0.4 is 0 Å². The van der Waals surface area contributed by atoms with Crippen molar-refractivity contribution in [3.8, 4) is 0 Å². The van der Waals surface area contributed by atoms with Crippen LogP contribution >= 0.6 is 0 Å². The highest BCUT2D eigenvalue weighted by molar-refractivity contribution is 5.76. The van der Waals surface area contributed by atoms with Crippen molar-refractivity contribution in [2.75, 3.05) is 13.2 Å². The predicted octanol–water partition coefficient (Wildman–Crippen LogP) is 4.23. The second kappa shape index (κ2) is 13.7. The average molecular weight is 302 g/mol. The number of carbonyl (C=O) groups is 2. The topological polar surface area (TPSA) is 61.8 Å². The molecule has 5 nitrogen and oxygen atoms in total. The van der Waals surface area contributed by atoms with Gasteiger partial charge in [0, 0.05) is 0 Å². The Hall–Kier alpha value is -1.26. The normalized spacial score (nSPS) is 11.8. The third-order valence-corrected chi connectivity index (χ3v) is 3.06. The van der Waals surface area contributed by atoms with Crippen LogP contribution in [-0.4, -0.2) is 31.4 Å². The SMILES string of the molecule is CCCCCCOC(=O)O[C@H](C)C(=O)OCCCCCC. The lowest BCUT2D eigenvalue weighted by Crippen LogP contribution is -2.27.